The molecule has 2 aromatic rings. The summed E-state index contributed by atoms with van der Waals surface area (Å²) in [5.74, 6) is 0.0353. The van der Waals surface area contributed by atoms with Gasteiger partial charge in [-0.25, -0.2) is 0 Å². The molecule has 3 heteroatoms. The van der Waals surface area contributed by atoms with Crippen molar-refractivity contribution in [3.8, 4) is 0 Å². The third kappa shape index (κ3) is 4.14. The lowest BCUT2D eigenvalue weighted by Crippen LogP contribution is -2.10. The molecule has 0 saturated heterocycles. The lowest BCUT2D eigenvalue weighted by molar-refractivity contribution is -0.137. The fourth-order valence-corrected chi connectivity index (χ4v) is 2.98. The van der Waals surface area contributed by atoms with Crippen LogP contribution < -0.4 is 0 Å². The van der Waals surface area contributed by atoms with Gasteiger partial charge in [-0.3, -0.25) is 4.79 Å². The second-order valence-corrected chi connectivity index (χ2v) is 6.24. The Morgan fingerprint density at radius 3 is 2.36 bits per heavy atom. The van der Waals surface area contributed by atoms with Crippen molar-refractivity contribution in [2.75, 3.05) is 0 Å². The number of carbonyl (C=O) groups is 1. The Hall–Kier alpha value is -1.74. The highest BCUT2D eigenvalue weighted by Crippen LogP contribution is 2.33. The molecule has 116 valence electrons. The molecule has 0 aliphatic rings. The van der Waals surface area contributed by atoms with E-state index in [1.807, 2.05) is 50.2 Å². The maximum Gasteiger partial charge on any atom is 0.321 e. The molecule has 2 rings (SSSR count). The molecule has 2 unspecified atom stereocenters. The summed E-state index contributed by atoms with van der Waals surface area (Å²) in [5, 5.41) is 0. The maximum absolute atomic E-state index is 11.9. The number of carbonyl (C=O) groups excluding carboxylic acids is 1. The lowest BCUT2D eigenvalue weighted by atomic mass is 9.93. The van der Waals surface area contributed by atoms with Crippen molar-refractivity contribution in [3.63, 3.8) is 0 Å². The maximum atomic E-state index is 11.9. The van der Waals surface area contributed by atoms with Crippen molar-refractivity contribution in [3.05, 3.63) is 65.7 Å². The van der Waals surface area contributed by atoms with Crippen molar-refractivity contribution in [1.82, 2.24) is 0 Å². The molecule has 22 heavy (non-hydrogen) atoms. The van der Waals surface area contributed by atoms with Crippen LogP contribution in [0.4, 0.5) is 0 Å². The molecule has 0 radical (unpaired) electrons. The second-order valence-electron chi connectivity index (χ2n) is 5.47. The molecule has 0 bridgehead atoms. The predicted molar refractivity (Wildman–Crippen MR) is 91.8 cm³/mol. The molecule has 2 atom stereocenters. The topological polar surface area (TPSA) is 26.3 Å². The predicted octanol–water partition coefficient (Wildman–Crippen LogP) is 5.43. The Morgan fingerprint density at radius 2 is 1.68 bits per heavy atom. The molecular formula is C19H22O2S. The largest absolute Gasteiger partial charge is 0.386 e. The summed E-state index contributed by atoms with van der Waals surface area (Å²) in [6, 6.07) is 18.4. The van der Waals surface area contributed by atoms with E-state index < -0.39 is 0 Å². The zero-order chi connectivity index (χ0) is 15.9. The van der Waals surface area contributed by atoms with Gasteiger partial charge in [0.1, 0.15) is 0 Å². The first-order valence-electron chi connectivity index (χ1n) is 7.65. The van der Waals surface area contributed by atoms with Gasteiger partial charge in [0.25, 0.3) is 0 Å². The monoisotopic (exact) mass is 314 g/mol. The summed E-state index contributed by atoms with van der Waals surface area (Å²) >= 11 is 1.17. The van der Waals surface area contributed by atoms with Gasteiger partial charge in [-0.1, -0.05) is 69.3 Å². The molecule has 2 aromatic carbocycles. The Kier molecular flexibility index (Phi) is 6.08. The van der Waals surface area contributed by atoms with Crippen LogP contribution in [0.25, 0.3) is 0 Å². The lowest BCUT2D eigenvalue weighted by Gasteiger charge is -2.16. The van der Waals surface area contributed by atoms with Gasteiger partial charge in [-0.15, -0.1) is 0 Å². The van der Waals surface area contributed by atoms with Crippen molar-refractivity contribution >= 4 is 18.0 Å². The van der Waals surface area contributed by atoms with E-state index in [0.29, 0.717) is 0 Å². The second kappa shape index (κ2) is 8.04. The number of hydrogen-bond acceptors (Lipinski definition) is 3. The molecule has 0 aliphatic heterocycles. The fourth-order valence-electron chi connectivity index (χ4n) is 2.17. The Balaban J connectivity index is 2.15. The molecule has 0 spiro atoms. The van der Waals surface area contributed by atoms with Crippen LogP contribution >= 0.6 is 12.0 Å². The molecule has 0 fully saturated rings. The average Bonchev–Trinajstić information content (AvgIpc) is 2.59. The van der Waals surface area contributed by atoms with Gasteiger partial charge < -0.3 is 4.18 Å². The van der Waals surface area contributed by atoms with Gasteiger partial charge in [-0.05, 0) is 23.6 Å². The standard InChI is InChI=1S/C19H22O2S/c1-4-14(2)19(20)21-22-18-13-9-8-12-17(18)15(3)16-10-6-5-7-11-16/h5-15H,4H2,1-3H3. The summed E-state index contributed by atoms with van der Waals surface area (Å²) in [6.07, 6.45) is 0.793. The third-order valence-electron chi connectivity index (χ3n) is 3.91. The van der Waals surface area contributed by atoms with E-state index in [4.69, 9.17) is 4.18 Å². The molecule has 0 heterocycles. The summed E-state index contributed by atoms with van der Waals surface area (Å²) in [5.41, 5.74) is 2.43. The van der Waals surface area contributed by atoms with E-state index in [1.165, 1.54) is 23.2 Å². The highest BCUT2D eigenvalue weighted by Gasteiger charge is 2.17. The number of rotatable bonds is 6. The van der Waals surface area contributed by atoms with Gasteiger partial charge in [0, 0.05) is 5.92 Å². The molecule has 2 nitrogen and oxygen atoms in total. The van der Waals surface area contributed by atoms with Crippen molar-refractivity contribution < 1.29 is 8.98 Å². The van der Waals surface area contributed by atoms with Crippen molar-refractivity contribution in [1.29, 1.82) is 0 Å². The van der Waals surface area contributed by atoms with Crippen molar-refractivity contribution in [2.24, 2.45) is 5.92 Å². The molecule has 0 saturated carbocycles. The highest BCUT2D eigenvalue weighted by molar-refractivity contribution is 7.95. The first-order chi connectivity index (χ1) is 10.6. The van der Waals surface area contributed by atoms with E-state index in [1.54, 1.807) is 0 Å². The quantitative estimate of drug-likeness (QED) is 0.665. The van der Waals surface area contributed by atoms with Gasteiger partial charge >= 0.3 is 5.97 Å². The van der Waals surface area contributed by atoms with Crippen LogP contribution in [0.1, 0.15) is 44.2 Å². The molecular weight excluding hydrogens is 292 g/mol. The highest BCUT2D eigenvalue weighted by atomic mass is 32.2. The van der Waals surface area contributed by atoms with Crippen LogP contribution in [-0.2, 0) is 8.98 Å². The Bertz CT molecular complexity index is 610. The van der Waals surface area contributed by atoms with E-state index >= 15 is 0 Å². The summed E-state index contributed by atoms with van der Waals surface area (Å²) in [4.78, 5) is 12.9. The first kappa shape index (κ1) is 16.6. The van der Waals surface area contributed by atoms with Crippen LogP contribution in [0.5, 0.6) is 0 Å². The van der Waals surface area contributed by atoms with Crippen LogP contribution in [0.2, 0.25) is 0 Å². The van der Waals surface area contributed by atoms with Crippen LogP contribution in [0.15, 0.2) is 59.5 Å². The molecule has 0 aliphatic carbocycles. The first-order valence-corrected chi connectivity index (χ1v) is 8.39. The summed E-state index contributed by atoms with van der Waals surface area (Å²) in [7, 11) is 0. The average molecular weight is 314 g/mol. The molecule has 0 amide bonds. The normalized spacial score (nSPS) is 13.4. The van der Waals surface area contributed by atoms with Crippen LogP contribution in [-0.4, -0.2) is 5.97 Å². The van der Waals surface area contributed by atoms with Gasteiger partial charge in [0.15, 0.2) is 0 Å². The number of hydrogen-bond donors (Lipinski definition) is 0. The van der Waals surface area contributed by atoms with Gasteiger partial charge in [0.05, 0.1) is 22.9 Å². The minimum absolute atomic E-state index is 0.0637. The third-order valence-corrected chi connectivity index (χ3v) is 4.71. The van der Waals surface area contributed by atoms with Crippen LogP contribution in [0, 0.1) is 5.92 Å². The van der Waals surface area contributed by atoms with E-state index in [9.17, 15) is 4.79 Å². The van der Waals surface area contributed by atoms with Gasteiger partial charge in [0.2, 0.25) is 0 Å². The van der Waals surface area contributed by atoms with Crippen molar-refractivity contribution in [2.45, 2.75) is 38.0 Å². The zero-order valence-corrected chi connectivity index (χ0v) is 14.1. The minimum atomic E-state index is -0.158. The summed E-state index contributed by atoms with van der Waals surface area (Å²) < 4.78 is 5.39. The molecule has 0 N–H and O–H groups in total. The van der Waals surface area contributed by atoms with Gasteiger partial charge in [-0.2, -0.15) is 0 Å². The minimum Gasteiger partial charge on any atom is -0.386 e. The Morgan fingerprint density at radius 1 is 1.05 bits per heavy atom. The number of benzene rings is 2. The SMILES string of the molecule is CCC(C)C(=O)OSc1ccccc1C(C)c1ccccc1. The van der Waals surface area contributed by atoms with E-state index in [2.05, 4.69) is 25.1 Å². The molecule has 0 aromatic heterocycles. The van der Waals surface area contributed by atoms with E-state index in [-0.39, 0.29) is 17.8 Å². The summed E-state index contributed by atoms with van der Waals surface area (Å²) in [6.45, 7) is 6.05. The smallest absolute Gasteiger partial charge is 0.321 e. The zero-order valence-electron chi connectivity index (χ0n) is 13.3. The fraction of sp³-hybridized carbons (Fsp3) is 0.316. The van der Waals surface area contributed by atoms with Crippen LogP contribution in [0.3, 0.4) is 0 Å². The van der Waals surface area contributed by atoms with E-state index in [0.717, 1.165) is 11.3 Å². The Labute approximate surface area is 137 Å².